The van der Waals surface area contributed by atoms with E-state index in [1.165, 1.54) is 0 Å². The van der Waals surface area contributed by atoms with Crippen LogP contribution in [0.3, 0.4) is 0 Å². The minimum Gasteiger partial charge on any atom is -0.385 e. The summed E-state index contributed by atoms with van der Waals surface area (Å²) in [6.07, 6.45) is 14.6. The highest BCUT2D eigenvalue weighted by Crippen LogP contribution is 2.35. The summed E-state index contributed by atoms with van der Waals surface area (Å²) in [5.41, 5.74) is 0.0301. The third kappa shape index (κ3) is 4.77. The van der Waals surface area contributed by atoms with Crippen LogP contribution in [0.5, 0.6) is 0 Å². The Hall–Kier alpha value is -1.12. The molecule has 0 aromatic rings. The molecule has 0 saturated carbocycles. The van der Waals surface area contributed by atoms with Crippen molar-refractivity contribution in [1.82, 2.24) is 5.32 Å². The van der Waals surface area contributed by atoms with Gasteiger partial charge in [0.25, 0.3) is 0 Å². The molecule has 1 rings (SSSR count). The molecule has 112 valence electrons. The van der Waals surface area contributed by atoms with Gasteiger partial charge in [0.1, 0.15) is 0 Å². The van der Waals surface area contributed by atoms with Crippen molar-refractivity contribution < 1.29 is 5.11 Å². The summed E-state index contributed by atoms with van der Waals surface area (Å²) >= 11 is 0. The van der Waals surface area contributed by atoms with E-state index in [-0.39, 0.29) is 5.92 Å². The van der Waals surface area contributed by atoms with Gasteiger partial charge >= 0.3 is 0 Å². The molecule has 1 fully saturated rings. The summed E-state index contributed by atoms with van der Waals surface area (Å²) in [5, 5.41) is 14.6. The van der Waals surface area contributed by atoms with Crippen molar-refractivity contribution in [2.24, 2.45) is 5.92 Å². The standard InChI is InChI=1S/C18H29NO/c1-4-6-8-11-16(3)18(20,13-9-7-5-2)17-12-10-14-19-15-17/h4-6,8,11,17,19-20H,2-3,7,9-10,12-15H2,1H3/b6-4-,11-8-. The molecule has 0 aromatic heterocycles. The Morgan fingerprint density at radius 2 is 2.25 bits per heavy atom. The van der Waals surface area contributed by atoms with Gasteiger partial charge in [0.2, 0.25) is 0 Å². The molecular weight excluding hydrogens is 246 g/mol. The van der Waals surface area contributed by atoms with Crippen molar-refractivity contribution in [3.05, 3.63) is 49.1 Å². The van der Waals surface area contributed by atoms with Crippen LogP contribution in [-0.4, -0.2) is 23.8 Å². The number of rotatable bonds is 8. The van der Waals surface area contributed by atoms with Gasteiger partial charge < -0.3 is 10.4 Å². The smallest absolute Gasteiger partial charge is 0.0931 e. The van der Waals surface area contributed by atoms with Crippen LogP contribution in [-0.2, 0) is 0 Å². The van der Waals surface area contributed by atoms with E-state index in [1.54, 1.807) is 0 Å². The average molecular weight is 275 g/mol. The molecule has 2 unspecified atom stereocenters. The van der Waals surface area contributed by atoms with Gasteiger partial charge in [0.15, 0.2) is 0 Å². The summed E-state index contributed by atoms with van der Waals surface area (Å²) in [6, 6.07) is 0. The topological polar surface area (TPSA) is 32.3 Å². The second-order valence-electron chi connectivity index (χ2n) is 5.56. The SMILES string of the molecule is C=CCCCC(O)(C(=C)/C=C\C=C/C)C1CCCNC1. The minimum absolute atomic E-state index is 0.254. The molecule has 1 aliphatic heterocycles. The lowest BCUT2D eigenvalue weighted by atomic mass is 9.74. The van der Waals surface area contributed by atoms with Crippen molar-refractivity contribution in [2.45, 2.75) is 44.6 Å². The summed E-state index contributed by atoms with van der Waals surface area (Å²) in [5.74, 6) is 0.254. The van der Waals surface area contributed by atoms with Crippen LogP contribution in [0, 0.1) is 5.92 Å². The first-order chi connectivity index (χ1) is 9.65. The van der Waals surface area contributed by atoms with Crippen molar-refractivity contribution in [3.63, 3.8) is 0 Å². The van der Waals surface area contributed by atoms with Crippen LogP contribution in [0.15, 0.2) is 49.1 Å². The van der Waals surface area contributed by atoms with Gasteiger partial charge in [-0.25, -0.2) is 0 Å². The van der Waals surface area contributed by atoms with Crippen LogP contribution in [0.4, 0.5) is 0 Å². The van der Waals surface area contributed by atoms with E-state index in [4.69, 9.17) is 0 Å². The van der Waals surface area contributed by atoms with Gasteiger partial charge in [-0.1, -0.05) is 37.0 Å². The van der Waals surface area contributed by atoms with Crippen LogP contribution >= 0.6 is 0 Å². The van der Waals surface area contributed by atoms with E-state index in [1.807, 2.05) is 37.3 Å². The van der Waals surface area contributed by atoms with Crippen molar-refractivity contribution >= 4 is 0 Å². The Morgan fingerprint density at radius 1 is 1.45 bits per heavy atom. The van der Waals surface area contributed by atoms with E-state index in [2.05, 4.69) is 18.5 Å². The first kappa shape index (κ1) is 16.9. The monoisotopic (exact) mass is 275 g/mol. The van der Waals surface area contributed by atoms with Crippen molar-refractivity contribution in [1.29, 1.82) is 0 Å². The predicted molar refractivity (Wildman–Crippen MR) is 87.7 cm³/mol. The number of unbranched alkanes of at least 4 members (excludes halogenated alkanes) is 1. The molecule has 0 spiro atoms. The number of hydrogen-bond acceptors (Lipinski definition) is 2. The van der Waals surface area contributed by atoms with E-state index in [9.17, 15) is 5.11 Å². The van der Waals surface area contributed by atoms with Crippen molar-refractivity contribution in [3.8, 4) is 0 Å². The van der Waals surface area contributed by atoms with Gasteiger partial charge in [-0.15, -0.1) is 6.58 Å². The van der Waals surface area contributed by atoms with E-state index in [0.29, 0.717) is 0 Å². The minimum atomic E-state index is -0.797. The zero-order valence-corrected chi connectivity index (χ0v) is 12.8. The molecule has 2 N–H and O–H groups in total. The van der Waals surface area contributed by atoms with Gasteiger partial charge in [-0.05, 0) is 51.1 Å². The zero-order chi connectivity index (χ0) is 14.8. The first-order valence-corrected chi connectivity index (χ1v) is 7.68. The third-order valence-electron chi connectivity index (χ3n) is 4.10. The molecular formula is C18H29NO. The lowest BCUT2D eigenvalue weighted by Gasteiger charge is -2.39. The Labute approximate surface area is 124 Å². The Kier molecular flexibility index (Phi) is 7.56. The van der Waals surface area contributed by atoms with Gasteiger partial charge in [-0.3, -0.25) is 0 Å². The summed E-state index contributed by atoms with van der Waals surface area (Å²) in [7, 11) is 0. The molecule has 1 saturated heterocycles. The molecule has 2 nitrogen and oxygen atoms in total. The first-order valence-electron chi connectivity index (χ1n) is 7.68. The molecule has 20 heavy (non-hydrogen) atoms. The lowest BCUT2D eigenvalue weighted by Crippen LogP contribution is -2.47. The van der Waals surface area contributed by atoms with Gasteiger partial charge in [-0.2, -0.15) is 0 Å². The van der Waals surface area contributed by atoms with Crippen LogP contribution in [0.25, 0.3) is 0 Å². The number of allylic oxidation sites excluding steroid dienone is 4. The largest absolute Gasteiger partial charge is 0.385 e. The second-order valence-corrected chi connectivity index (χ2v) is 5.56. The second kappa shape index (κ2) is 8.93. The fourth-order valence-electron chi connectivity index (χ4n) is 2.83. The predicted octanol–water partition coefficient (Wildman–Crippen LogP) is 3.76. The van der Waals surface area contributed by atoms with E-state index < -0.39 is 5.60 Å². The normalized spacial score (nSPS) is 23.0. The Balaban J connectivity index is 2.80. The number of hydrogen-bond donors (Lipinski definition) is 2. The number of piperidine rings is 1. The van der Waals surface area contributed by atoms with E-state index >= 15 is 0 Å². The zero-order valence-electron chi connectivity index (χ0n) is 12.8. The molecule has 0 radical (unpaired) electrons. The molecule has 1 heterocycles. The molecule has 0 aliphatic carbocycles. The van der Waals surface area contributed by atoms with E-state index in [0.717, 1.165) is 50.8 Å². The lowest BCUT2D eigenvalue weighted by molar-refractivity contribution is 0.000567. The summed E-state index contributed by atoms with van der Waals surface area (Å²) in [6.45, 7) is 11.8. The highest BCUT2D eigenvalue weighted by molar-refractivity contribution is 5.29. The number of aliphatic hydroxyl groups is 1. The summed E-state index contributed by atoms with van der Waals surface area (Å²) < 4.78 is 0. The molecule has 0 aromatic carbocycles. The Bertz CT molecular complexity index is 364. The van der Waals surface area contributed by atoms with Gasteiger partial charge in [0.05, 0.1) is 5.60 Å². The summed E-state index contributed by atoms with van der Waals surface area (Å²) in [4.78, 5) is 0. The van der Waals surface area contributed by atoms with Crippen LogP contribution in [0.1, 0.15) is 39.0 Å². The highest BCUT2D eigenvalue weighted by atomic mass is 16.3. The number of nitrogens with one attached hydrogen (secondary N) is 1. The van der Waals surface area contributed by atoms with Crippen molar-refractivity contribution in [2.75, 3.05) is 13.1 Å². The maximum absolute atomic E-state index is 11.2. The molecule has 2 heteroatoms. The Morgan fingerprint density at radius 3 is 2.85 bits per heavy atom. The highest BCUT2D eigenvalue weighted by Gasteiger charge is 2.38. The molecule has 0 bridgehead atoms. The fraction of sp³-hybridized carbons (Fsp3) is 0.556. The molecule has 1 aliphatic rings. The van der Waals surface area contributed by atoms with Crippen LogP contribution < -0.4 is 5.32 Å². The molecule has 2 atom stereocenters. The maximum atomic E-state index is 11.2. The fourth-order valence-corrected chi connectivity index (χ4v) is 2.83. The van der Waals surface area contributed by atoms with Crippen LogP contribution in [0.2, 0.25) is 0 Å². The maximum Gasteiger partial charge on any atom is 0.0931 e. The third-order valence-corrected chi connectivity index (χ3v) is 4.10. The quantitative estimate of drug-likeness (QED) is 0.401. The van der Waals surface area contributed by atoms with Gasteiger partial charge in [0, 0.05) is 12.5 Å². The average Bonchev–Trinajstić information content (AvgIpc) is 2.48. The molecule has 0 amide bonds.